The average molecular weight is 371 g/mol. The van der Waals surface area contributed by atoms with E-state index in [0.717, 1.165) is 39.3 Å². The summed E-state index contributed by atoms with van der Waals surface area (Å²) in [7, 11) is 3.26. The summed E-state index contributed by atoms with van der Waals surface area (Å²) in [5, 5.41) is 11.9. The highest BCUT2D eigenvalue weighted by Crippen LogP contribution is 2.41. The molecule has 1 aliphatic rings. The van der Waals surface area contributed by atoms with Gasteiger partial charge >= 0.3 is 0 Å². The molecular weight excluding hydrogens is 350 g/mol. The predicted octanol–water partition coefficient (Wildman–Crippen LogP) is 3.32. The molecule has 0 spiro atoms. The van der Waals surface area contributed by atoms with E-state index in [1.165, 1.54) is 4.88 Å². The van der Waals surface area contributed by atoms with Gasteiger partial charge in [-0.1, -0.05) is 6.92 Å². The van der Waals surface area contributed by atoms with E-state index in [4.69, 9.17) is 9.47 Å². The van der Waals surface area contributed by atoms with Gasteiger partial charge in [-0.05, 0) is 24.6 Å². The van der Waals surface area contributed by atoms with Crippen LogP contribution >= 0.6 is 11.3 Å². The fourth-order valence-corrected chi connectivity index (χ4v) is 4.49. The van der Waals surface area contributed by atoms with Crippen molar-refractivity contribution < 1.29 is 14.6 Å². The number of aliphatic hydroxyl groups is 1. The van der Waals surface area contributed by atoms with Crippen molar-refractivity contribution in [3.8, 4) is 11.5 Å². The maximum absolute atomic E-state index is 10.8. The SMILES string of the molecule is CCc1cc2c(N3Cc4c(OC)ccc(OC)c4C(O)C3)ncnc2s1. The molecule has 26 heavy (non-hydrogen) atoms. The van der Waals surface area contributed by atoms with E-state index in [1.54, 1.807) is 31.9 Å². The molecule has 4 rings (SSSR count). The van der Waals surface area contributed by atoms with Crippen LogP contribution in [0.4, 0.5) is 5.82 Å². The minimum atomic E-state index is -0.682. The number of benzene rings is 1. The lowest BCUT2D eigenvalue weighted by molar-refractivity contribution is 0.169. The molecule has 0 bridgehead atoms. The Labute approximate surface area is 156 Å². The Hall–Kier alpha value is -2.38. The van der Waals surface area contributed by atoms with Gasteiger partial charge < -0.3 is 19.5 Å². The van der Waals surface area contributed by atoms with Crippen molar-refractivity contribution >= 4 is 27.4 Å². The number of hydrogen-bond donors (Lipinski definition) is 1. The van der Waals surface area contributed by atoms with Gasteiger partial charge in [0.05, 0.1) is 26.2 Å². The zero-order chi connectivity index (χ0) is 18.3. The monoisotopic (exact) mass is 371 g/mol. The van der Waals surface area contributed by atoms with Crippen LogP contribution in [0.15, 0.2) is 24.5 Å². The third-order valence-corrected chi connectivity index (χ3v) is 5.98. The van der Waals surface area contributed by atoms with Crippen LogP contribution in [0, 0.1) is 0 Å². The van der Waals surface area contributed by atoms with Gasteiger partial charge in [-0.2, -0.15) is 0 Å². The van der Waals surface area contributed by atoms with E-state index in [-0.39, 0.29) is 0 Å². The molecule has 1 unspecified atom stereocenters. The van der Waals surface area contributed by atoms with E-state index in [2.05, 4.69) is 27.9 Å². The molecule has 1 aromatic carbocycles. The topological polar surface area (TPSA) is 67.7 Å². The van der Waals surface area contributed by atoms with E-state index in [9.17, 15) is 5.11 Å². The first-order valence-electron chi connectivity index (χ1n) is 8.56. The molecule has 0 radical (unpaired) electrons. The van der Waals surface area contributed by atoms with Gasteiger partial charge in [-0.3, -0.25) is 0 Å². The second-order valence-electron chi connectivity index (χ2n) is 6.24. The Balaban J connectivity index is 1.81. The first-order chi connectivity index (χ1) is 12.7. The number of aromatic nitrogens is 2. The molecule has 0 fully saturated rings. The first kappa shape index (κ1) is 17.1. The van der Waals surface area contributed by atoms with Crippen LogP contribution in [0.2, 0.25) is 0 Å². The molecule has 0 saturated carbocycles. The molecule has 3 heterocycles. The smallest absolute Gasteiger partial charge is 0.141 e. The van der Waals surface area contributed by atoms with Crippen LogP contribution in [0.5, 0.6) is 11.5 Å². The molecule has 1 atom stereocenters. The van der Waals surface area contributed by atoms with Crippen molar-refractivity contribution in [1.29, 1.82) is 0 Å². The lowest BCUT2D eigenvalue weighted by Crippen LogP contribution is -2.34. The molecule has 3 aromatic rings. The predicted molar refractivity (Wildman–Crippen MR) is 102 cm³/mol. The number of methoxy groups -OCH3 is 2. The summed E-state index contributed by atoms with van der Waals surface area (Å²) >= 11 is 1.69. The Bertz CT molecular complexity index is 957. The van der Waals surface area contributed by atoms with Crippen molar-refractivity contribution in [3.05, 3.63) is 40.5 Å². The van der Waals surface area contributed by atoms with Crippen LogP contribution in [-0.2, 0) is 13.0 Å². The highest BCUT2D eigenvalue weighted by Gasteiger charge is 2.31. The van der Waals surface area contributed by atoms with Gasteiger partial charge in [0, 0.05) is 22.5 Å². The van der Waals surface area contributed by atoms with Gasteiger partial charge in [0.15, 0.2) is 0 Å². The van der Waals surface area contributed by atoms with Gasteiger partial charge in [0.1, 0.15) is 34.6 Å². The number of ether oxygens (including phenoxy) is 2. The second-order valence-corrected chi connectivity index (χ2v) is 7.36. The minimum Gasteiger partial charge on any atom is -0.496 e. The van der Waals surface area contributed by atoms with Gasteiger partial charge in [0.2, 0.25) is 0 Å². The van der Waals surface area contributed by atoms with Gasteiger partial charge in [-0.25, -0.2) is 9.97 Å². The molecular formula is C19H21N3O3S. The highest BCUT2D eigenvalue weighted by atomic mass is 32.1. The van der Waals surface area contributed by atoms with E-state index < -0.39 is 6.10 Å². The normalized spacial score (nSPS) is 16.6. The van der Waals surface area contributed by atoms with Crippen LogP contribution in [-0.4, -0.2) is 35.8 Å². The summed E-state index contributed by atoms with van der Waals surface area (Å²) < 4.78 is 11.0. The van der Waals surface area contributed by atoms with E-state index >= 15 is 0 Å². The molecule has 2 aromatic heterocycles. The zero-order valence-electron chi connectivity index (χ0n) is 15.0. The quantitative estimate of drug-likeness (QED) is 0.759. The fourth-order valence-electron chi connectivity index (χ4n) is 3.56. The zero-order valence-corrected chi connectivity index (χ0v) is 15.8. The fraction of sp³-hybridized carbons (Fsp3) is 0.368. The van der Waals surface area contributed by atoms with Crippen molar-refractivity contribution in [2.45, 2.75) is 26.0 Å². The Morgan fingerprint density at radius 1 is 1.23 bits per heavy atom. The number of aliphatic hydroxyl groups excluding tert-OH is 1. The van der Waals surface area contributed by atoms with Gasteiger partial charge in [-0.15, -0.1) is 11.3 Å². The lowest BCUT2D eigenvalue weighted by Gasteiger charge is -2.34. The van der Waals surface area contributed by atoms with Crippen molar-refractivity contribution in [2.75, 3.05) is 25.7 Å². The summed E-state index contributed by atoms with van der Waals surface area (Å²) in [6.45, 7) is 3.17. The van der Waals surface area contributed by atoms with Crippen molar-refractivity contribution in [3.63, 3.8) is 0 Å². The number of aryl methyl sites for hydroxylation is 1. The third-order valence-electron chi connectivity index (χ3n) is 4.80. The molecule has 1 aliphatic heterocycles. The first-order valence-corrected chi connectivity index (χ1v) is 9.38. The molecule has 0 amide bonds. The summed E-state index contributed by atoms with van der Waals surface area (Å²) in [6, 6.07) is 5.87. The molecule has 7 heteroatoms. The third kappa shape index (κ3) is 2.68. The highest BCUT2D eigenvalue weighted by molar-refractivity contribution is 7.18. The Morgan fingerprint density at radius 2 is 2.00 bits per heavy atom. The molecule has 1 N–H and O–H groups in total. The summed E-state index contributed by atoms with van der Waals surface area (Å²) in [6.07, 6.45) is 1.88. The van der Waals surface area contributed by atoms with E-state index in [0.29, 0.717) is 18.8 Å². The maximum atomic E-state index is 10.8. The van der Waals surface area contributed by atoms with E-state index in [1.807, 2.05) is 12.1 Å². The summed E-state index contributed by atoms with van der Waals surface area (Å²) in [4.78, 5) is 13.3. The van der Waals surface area contributed by atoms with Crippen molar-refractivity contribution in [1.82, 2.24) is 9.97 Å². The number of β-amino-alcohol motifs (C(OH)–C–C–N with tert-alkyl or cyclic N) is 1. The maximum Gasteiger partial charge on any atom is 0.141 e. The number of rotatable bonds is 4. The van der Waals surface area contributed by atoms with Crippen molar-refractivity contribution in [2.24, 2.45) is 0 Å². The second kappa shape index (κ2) is 6.74. The molecule has 136 valence electrons. The van der Waals surface area contributed by atoms with Crippen LogP contribution in [0.3, 0.4) is 0 Å². The average Bonchev–Trinajstić information content (AvgIpc) is 3.10. The van der Waals surface area contributed by atoms with Gasteiger partial charge in [0.25, 0.3) is 0 Å². The number of nitrogens with zero attached hydrogens (tertiary/aromatic N) is 3. The molecule has 6 nitrogen and oxygen atoms in total. The van der Waals surface area contributed by atoms with Crippen LogP contribution in [0.25, 0.3) is 10.2 Å². The molecule has 0 aliphatic carbocycles. The number of fused-ring (bicyclic) bond motifs is 2. The van der Waals surface area contributed by atoms with Crippen LogP contribution in [0.1, 0.15) is 29.0 Å². The minimum absolute atomic E-state index is 0.444. The Kier molecular flexibility index (Phi) is 4.42. The summed E-state index contributed by atoms with van der Waals surface area (Å²) in [5.74, 6) is 2.28. The number of anilines is 1. The number of thiophene rings is 1. The van der Waals surface area contributed by atoms with Crippen LogP contribution < -0.4 is 14.4 Å². The largest absolute Gasteiger partial charge is 0.496 e. The number of hydrogen-bond acceptors (Lipinski definition) is 7. The summed E-state index contributed by atoms with van der Waals surface area (Å²) in [5.41, 5.74) is 1.73. The standard InChI is InChI=1S/C19H21N3O3S/c1-4-11-7-12-18(20-10-21-19(12)26-11)22-8-13-15(24-2)5-6-16(25-3)17(13)14(23)9-22/h5-7,10,14,23H,4,8-9H2,1-3H3. The molecule has 0 saturated heterocycles. The lowest BCUT2D eigenvalue weighted by atomic mass is 9.95. The Morgan fingerprint density at radius 3 is 2.73 bits per heavy atom.